The van der Waals surface area contributed by atoms with E-state index in [1.165, 1.54) is 38.6 Å². The Bertz CT molecular complexity index is 336. The molecule has 0 aromatic rings. The van der Waals surface area contributed by atoms with Crippen LogP contribution in [0, 0.1) is 5.92 Å². The molecule has 0 spiro atoms. The number of ether oxygens (including phenoxy) is 1. The van der Waals surface area contributed by atoms with Crippen LogP contribution < -0.4 is 0 Å². The molecule has 3 aliphatic rings. The number of nitrogens with zero attached hydrogens (tertiary/aromatic N) is 2. The van der Waals surface area contributed by atoms with Crippen LogP contribution in [0.2, 0.25) is 0 Å². The molecule has 120 valence electrons. The molecule has 2 saturated heterocycles. The third-order valence-electron chi connectivity index (χ3n) is 5.46. The van der Waals surface area contributed by atoms with Gasteiger partial charge in [-0.25, -0.2) is 0 Å². The van der Waals surface area contributed by atoms with Crippen molar-refractivity contribution in [3.63, 3.8) is 0 Å². The van der Waals surface area contributed by atoms with E-state index in [9.17, 15) is 4.79 Å². The van der Waals surface area contributed by atoms with Gasteiger partial charge < -0.3 is 9.64 Å². The van der Waals surface area contributed by atoms with Gasteiger partial charge in [-0.1, -0.05) is 19.3 Å². The Balaban J connectivity index is 1.46. The van der Waals surface area contributed by atoms with Crippen molar-refractivity contribution in [2.24, 2.45) is 5.92 Å². The number of hydrogen-bond donors (Lipinski definition) is 0. The van der Waals surface area contributed by atoms with Gasteiger partial charge in [0, 0.05) is 51.9 Å². The zero-order valence-corrected chi connectivity index (χ0v) is 13.3. The minimum absolute atomic E-state index is 0.357. The molecule has 1 saturated carbocycles. The smallest absolute Gasteiger partial charge is 0.222 e. The summed E-state index contributed by atoms with van der Waals surface area (Å²) in [6, 6.07) is 0.789. The minimum atomic E-state index is 0.357. The second-order valence-electron chi connectivity index (χ2n) is 7.00. The number of hydrogen-bond acceptors (Lipinski definition) is 3. The highest BCUT2D eigenvalue weighted by Crippen LogP contribution is 2.24. The first-order chi connectivity index (χ1) is 10.3. The van der Waals surface area contributed by atoms with Crippen molar-refractivity contribution in [3.05, 3.63) is 0 Å². The van der Waals surface area contributed by atoms with Gasteiger partial charge in [-0.3, -0.25) is 9.69 Å². The van der Waals surface area contributed by atoms with Crippen molar-refractivity contribution in [1.29, 1.82) is 0 Å². The zero-order valence-electron chi connectivity index (χ0n) is 13.3. The van der Waals surface area contributed by atoms with Gasteiger partial charge in [-0.2, -0.15) is 0 Å². The lowest BCUT2D eigenvalue weighted by Gasteiger charge is -2.33. The Kier molecular flexibility index (Phi) is 5.53. The topological polar surface area (TPSA) is 32.8 Å². The summed E-state index contributed by atoms with van der Waals surface area (Å²) in [6.45, 7) is 5.78. The molecule has 1 aliphatic carbocycles. The third-order valence-corrected chi connectivity index (χ3v) is 5.46. The molecule has 0 bridgehead atoms. The predicted octanol–water partition coefficient (Wildman–Crippen LogP) is 2.28. The Labute approximate surface area is 128 Å². The molecule has 0 radical (unpaired) electrons. The highest BCUT2D eigenvalue weighted by Gasteiger charge is 2.27. The fourth-order valence-electron chi connectivity index (χ4n) is 4.12. The van der Waals surface area contributed by atoms with Crippen LogP contribution in [-0.4, -0.2) is 61.1 Å². The summed E-state index contributed by atoms with van der Waals surface area (Å²) < 4.78 is 5.39. The maximum absolute atomic E-state index is 12.4. The van der Waals surface area contributed by atoms with E-state index in [1.807, 2.05) is 0 Å². The monoisotopic (exact) mass is 294 g/mol. The van der Waals surface area contributed by atoms with Crippen molar-refractivity contribution in [3.8, 4) is 0 Å². The summed E-state index contributed by atoms with van der Waals surface area (Å²) in [6.07, 6.45) is 9.84. The molecule has 4 nitrogen and oxygen atoms in total. The second-order valence-corrected chi connectivity index (χ2v) is 7.00. The molecule has 0 N–H and O–H groups in total. The van der Waals surface area contributed by atoms with Crippen molar-refractivity contribution < 1.29 is 9.53 Å². The van der Waals surface area contributed by atoms with Crippen molar-refractivity contribution in [2.45, 2.75) is 57.4 Å². The molecule has 1 amide bonds. The minimum Gasteiger partial charge on any atom is -0.381 e. The molecular formula is C17H30N2O2. The molecule has 4 heteroatoms. The first-order valence-corrected chi connectivity index (χ1v) is 8.92. The van der Waals surface area contributed by atoms with Gasteiger partial charge in [0.15, 0.2) is 0 Å². The number of carbonyl (C=O) groups is 1. The number of rotatable bonds is 3. The Morgan fingerprint density at radius 3 is 2.57 bits per heavy atom. The van der Waals surface area contributed by atoms with Gasteiger partial charge in [0.05, 0.1) is 0 Å². The van der Waals surface area contributed by atoms with Crippen molar-refractivity contribution in [1.82, 2.24) is 9.80 Å². The largest absolute Gasteiger partial charge is 0.381 e. The second kappa shape index (κ2) is 7.59. The average molecular weight is 294 g/mol. The number of carbonyl (C=O) groups excluding carboxylic acids is 1. The van der Waals surface area contributed by atoms with E-state index in [-0.39, 0.29) is 0 Å². The third kappa shape index (κ3) is 4.19. The van der Waals surface area contributed by atoms with Gasteiger partial charge in [0.2, 0.25) is 5.91 Å². The molecule has 3 fully saturated rings. The lowest BCUT2D eigenvalue weighted by molar-refractivity contribution is -0.132. The van der Waals surface area contributed by atoms with E-state index in [4.69, 9.17) is 4.74 Å². The summed E-state index contributed by atoms with van der Waals surface area (Å²) in [5.74, 6) is 0.825. The maximum atomic E-state index is 12.4. The summed E-state index contributed by atoms with van der Waals surface area (Å²) in [5, 5.41) is 0. The maximum Gasteiger partial charge on any atom is 0.222 e. The zero-order chi connectivity index (χ0) is 14.5. The fourth-order valence-corrected chi connectivity index (χ4v) is 4.12. The Morgan fingerprint density at radius 1 is 0.952 bits per heavy atom. The van der Waals surface area contributed by atoms with Gasteiger partial charge in [0.1, 0.15) is 0 Å². The van der Waals surface area contributed by atoms with Gasteiger partial charge in [-0.05, 0) is 31.6 Å². The van der Waals surface area contributed by atoms with E-state index in [1.54, 1.807) is 0 Å². The van der Waals surface area contributed by atoms with Crippen LogP contribution in [0.3, 0.4) is 0 Å². The van der Waals surface area contributed by atoms with Crippen LogP contribution in [0.25, 0.3) is 0 Å². The molecular weight excluding hydrogens is 264 g/mol. The SMILES string of the molecule is O=C(CC1CCOC1)N1CCCN(C2CCCCC2)CC1. The van der Waals surface area contributed by atoms with Crippen LogP contribution >= 0.6 is 0 Å². The summed E-state index contributed by atoms with van der Waals surface area (Å²) in [7, 11) is 0. The Hall–Kier alpha value is -0.610. The lowest BCUT2D eigenvalue weighted by atomic mass is 9.94. The molecule has 1 atom stereocenters. The predicted molar refractivity (Wildman–Crippen MR) is 83.2 cm³/mol. The van der Waals surface area contributed by atoms with E-state index in [2.05, 4.69) is 9.80 Å². The highest BCUT2D eigenvalue weighted by molar-refractivity contribution is 5.76. The van der Waals surface area contributed by atoms with Gasteiger partial charge in [0.25, 0.3) is 0 Å². The molecule has 1 unspecified atom stereocenters. The van der Waals surface area contributed by atoms with Crippen LogP contribution in [0.15, 0.2) is 0 Å². The molecule has 0 aromatic carbocycles. The van der Waals surface area contributed by atoms with Crippen LogP contribution in [0.4, 0.5) is 0 Å². The van der Waals surface area contributed by atoms with E-state index >= 15 is 0 Å². The average Bonchev–Trinajstić information content (AvgIpc) is 2.89. The van der Waals surface area contributed by atoms with Crippen molar-refractivity contribution >= 4 is 5.91 Å². The molecule has 3 rings (SSSR count). The van der Waals surface area contributed by atoms with E-state index < -0.39 is 0 Å². The Morgan fingerprint density at radius 2 is 1.81 bits per heavy atom. The van der Waals surface area contributed by atoms with Crippen LogP contribution in [-0.2, 0) is 9.53 Å². The normalized spacial score (nSPS) is 29.5. The summed E-state index contributed by atoms with van der Waals surface area (Å²) in [4.78, 5) is 17.2. The standard InChI is InChI=1S/C17H30N2O2/c20-17(13-15-7-12-21-14-15)19-9-4-8-18(10-11-19)16-5-2-1-3-6-16/h15-16H,1-14H2. The molecule has 21 heavy (non-hydrogen) atoms. The fraction of sp³-hybridized carbons (Fsp3) is 0.941. The van der Waals surface area contributed by atoms with Crippen LogP contribution in [0.1, 0.15) is 51.4 Å². The van der Waals surface area contributed by atoms with E-state index in [0.717, 1.165) is 51.7 Å². The van der Waals surface area contributed by atoms with Crippen molar-refractivity contribution in [2.75, 3.05) is 39.4 Å². The van der Waals surface area contributed by atoms with Gasteiger partial charge in [-0.15, -0.1) is 0 Å². The van der Waals surface area contributed by atoms with E-state index in [0.29, 0.717) is 18.2 Å². The summed E-state index contributed by atoms with van der Waals surface area (Å²) in [5.41, 5.74) is 0. The lowest BCUT2D eigenvalue weighted by Crippen LogP contribution is -2.40. The highest BCUT2D eigenvalue weighted by atomic mass is 16.5. The number of amides is 1. The first kappa shape index (κ1) is 15.3. The van der Waals surface area contributed by atoms with Crippen LogP contribution in [0.5, 0.6) is 0 Å². The summed E-state index contributed by atoms with van der Waals surface area (Å²) >= 11 is 0. The first-order valence-electron chi connectivity index (χ1n) is 8.92. The quantitative estimate of drug-likeness (QED) is 0.800. The molecule has 2 heterocycles. The molecule has 0 aromatic heterocycles. The van der Waals surface area contributed by atoms with Gasteiger partial charge >= 0.3 is 0 Å². The molecule has 2 aliphatic heterocycles.